The van der Waals surface area contributed by atoms with Crippen molar-refractivity contribution in [2.75, 3.05) is 0 Å². The number of benzene rings is 4. The molecule has 2 saturated carbocycles. The Morgan fingerprint density at radius 3 is 1.16 bits per heavy atom. The van der Waals surface area contributed by atoms with Crippen LogP contribution in [0.2, 0.25) is 0 Å². The van der Waals surface area contributed by atoms with Crippen molar-refractivity contribution in [1.82, 2.24) is 0 Å². The zero-order valence-electron chi connectivity index (χ0n) is 33.2. The molecule has 0 nitrogen and oxygen atoms in total. The molecule has 0 heterocycles. The van der Waals surface area contributed by atoms with Crippen LogP contribution in [0.1, 0.15) is 54.9 Å². The summed E-state index contributed by atoms with van der Waals surface area (Å²) in [5, 5.41) is 5.76. The van der Waals surface area contributed by atoms with Crippen molar-refractivity contribution in [1.29, 1.82) is 0 Å². The third kappa shape index (κ3) is 18.5. The zero-order valence-corrected chi connectivity index (χ0v) is 38.5. The van der Waals surface area contributed by atoms with E-state index in [0.29, 0.717) is 5.66 Å². The van der Waals surface area contributed by atoms with Crippen LogP contribution in [0.5, 0.6) is 0 Å². The van der Waals surface area contributed by atoms with E-state index < -0.39 is 23.1 Å². The molecule has 57 heavy (non-hydrogen) atoms. The first-order valence-electron chi connectivity index (χ1n) is 18.9. The van der Waals surface area contributed by atoms with Crippen LogP contribution in [0, 0.1) is 90.6 Å². The molecule has 0 unspecified atom stereocenters. The van der Waals surface area contributed by atoms with Crippen LogP contribution >= 0.6 is 15.8 Å². The Labute approximate surface area is 369 Å². The standard InChI is InChI=1S/C35H35P2.C8H12.C5H5.BF4.Fe.Ir/c1-25-19-26(2)22-32(21-25)36(33-23-27(3)20-28(4)24-33)29(5)34-17-12-18-35(34)37(30-13-8-6-9-14-30)31-15-10-7-11-16-31;1-2-4-6-8-7-5-3-1;1-2-4-5-3-1;2-1(3,4)5;;/h6-24,29H,1-5H3;1-2,7-8H,3-6H2;1-5H;;;/q;;;-1;+2;/b;2-1-,8-7-;;;;/t29-;;;;;/m0...../s1. The molecule has 0 saturated heterocycles. The molecule has 0 aliphatic heterocycles. The molecule has 0 amide bonds. The number of aryl methyl sites for hydroxylation is 4. The minimum atomic E-state index is -6.00. The smallest absolute Gasteiger partial charge is 0.418 e. The SMILES string of the molecule is C1=C\CC/C=C\CC/1.Cc1cc(C)cc(P(c2cc(C)cc(C)c2)[C@@H](C)[C]2[CH][CH][CH][C]2P(c2ccccc2)c2ccccc2)c1.F[B-](F)(F)F.[CH]1[CH][CH][CH][CH]1.[Fe+2].[Ir]. The first-order chi connectivity index (χ1) is 26.4. The van der Waals surface area contributed by atoms with E-state index in [0.717, 1.165) is 0 Å². The van der Waals surface area contributed by atoms with Crippen LogP contribution in [-0.4, -0.2) is 12.9 Å². The number of halogens is 4. The molecule has 3 aliphatic rings. The van der Waals surface area contributed by atoms with Crippen molar-refractivity contribution in [2.24, 2.45) is 0 Å². The first kappa shape index (κ1) is 51.3. The van der Waals surface area contributed by atoms with E-state index in [4.69, 9.17) is 0 Å². The summed E-state index contributed by atoms with van der Waals surface area (Å²) in [7, 11) is -7.24. The van der Waals surface area contributed by atoms with Gasteiger partial charge < -0.3 is 17.3 Å². The number of hydrogen-bond acceptors (Lipinski definition) is 0. The van der Waals surface area contributed by atoms with E-state index in [-0.39, 0.29) is 37.2 Å². The molecule has 0 bridgehead atoms. The fourth-order valence-electron chi connectivity index (χ4n) is 6.65. The van der Waals surface area contributed by atoms with Crippen molar-refractivity contribution in [2.45, 2.75) is 66.0 Å². The maximum Gasteiger partial charge on any atom is 2.00 e. The Kier molecular flexibility index (Phi) is 24.4. The van der Waals surface area contributed by atoms with Gasteiger partial charge in [0.1, 0.15) is 0 Å². The molecule has 301 valence electrons. The Hall–Kier alpha value is -1.83. The van der Waals surface area contributed by atoms with Crippen LogP contribution in [0.15, 0.2) is 121 Å². The summed E-state index contributed by atoms with van der Waals surface area (Å²) in [6.07, 6.45) is 31.1. The molecule has 4 aromatic rings. The molecule has 1 atom stereocenters. The van der Waals surface area contributed by atoms with Crippen molar-refractivity contribution < 1.29 is 54.4 Å². The van der Waals surface area contributed by atoms with Crippen LogP contribution in [0.4, 0.5) is 17.3 Å². The third-order valence-electron chi connectivity index (χ3n) is 8.79. The zero-order chi connectivity index (χ0) is 39.6. The summed E-state index contributed by atoms with van der Waals surface area (Å²) in [5.41, 5.74) is 7.26. The van der Waals surface area contributed by atoms with E-state index in [1.807, 2.05) is 32.1 Å². The molecule has 2 fully saturated rings. The van der Waals surface area contributed by atoms with Gasteiger partial charge in [-0.25, -0.2) is 0 Å². The molecule has 0 aromatic heterocycles. The van der Waals surface area contributed by atoms with Gasteiger partial charge in [-0.2, -0.15) is 0 Å². The van der Waals surface area contributed by atoms with Gasteiger partial charge in [-0.3, -0.25) is 0 Å². The van der Waals surface area contributed by atoms with Crippen LogP contribution in [0.3, 0.4) is 0 Å². The second kappa shape index (κ2) is 27.1. The Morgan fingerprint density at radius 1 is 0.491 bits per heavy atom. The van der Waals surface area contributed by atoms with Crippen molar-refractivity contribution >= 4 is 44.3 Å². The van der Waals surface area contributed by atoms with Gasteiger partial charge in [0.2, 0.25) is 0 Å². The molecule has 9 heteroatoms. The van der Waals surface area contributed by atoms with E-state index in [1.54, 1.807) is 0 Å². The maximum atomic E-state index is 9.75. The van der Waals surface area contributed by atoms with Crippen molar-refractivity contribution in [3.05, 3.63) is 207 Å². The van der Waals surface area contributed by atoms with Gasteiger partial charge in [0.15, 0.2) is 0 Å². The number of rotatable bonds is 7. The van der Waals surface area contributed by atoms with Gasteiger partial charge in [0, 0.05) is 25.8 Å². The molecule has 0 spiro atoms. The average molecular weight is 1030 g/mol. The fraction of sp³-hybridized carbons (Fsp3) is 0.208. The molecule has 4 aromatic carbocycles. The molecular formula is C48H52BF4FeIrP2+. The Morgan fingerprint density at radius 2 is 0.825 bits per heavy atom. The summed E-state index contributed by atoms with van der Waals surface area (Å²) in [6, 6.07) is 36.4. The Bertz CT molecular complexity index is 1590. The molecule has 11 radical (unpaired) electrons. The summed E-state index contributed by atoms with van der Waals surface area (Å²) < 4.78 is 39.0. The normalized spacial score (nSPS) is 17.2. The quantitative estimate of drug-likeness (QED) is 0.0749. The van der Waals surface area contributed by atoms with E-state index in [2.05, 4.69) is 175 Å². The van der Waals surface area contributed by atoms with Gasteiger partial charge in [-0.15, -0.1) is 0 Å². The van der Waals surface area contributed by atoms with Gasteiger partial charge in [-0.05, 0) is 153 Å². The summed E-state index contributed by atoms with van der Waals surface area (Å²) in [4.78, 5) is 0. The van der Waals surface area contributed by atoms with Gasteiger partial charge in [0.05, 0.1) is 0 Å². The second-order valence-electron chi connectivity index (χ2n) is 13.7. The fourth-order valence-corrected chi connectivity index (χ4v) is 12.4. The van der Waals surface area contributed by atoms with E-state index in [1.165, 1.54) is 80.7 Å². The maximum absolute atomic E-state index is 9.75. The number of hydrogen-bond donors (Lipinski definition) is 0. The minimum Gasteiger partial charge on any atom is -0.418 e. The summed E-state index contributed by atoms with van der Waals surface area (Å²) >= 11 is 0. The minimum absolute atomic E-state index is 0. The van der Waals surface area contributed by atoms with Crippen LogP contribution in [-0.2, 0) is 37.2 Å². The predicted molar refractivity (Wildman–Crippen MR) is 234 cm³/mol. The van der Waals surface area contributed by atoms with Gasteiger partial charge in [-0.1, -0.05) is 151 Å². The van der Waals surface area contributed by atoms with E-state index >= 15 is 0 Å². The van der Waals surface area contributed by atoms with Gasteiger partial charge >= 0.3 is 24.3 Å². The topological polar surface area (TPSA) is 0 Å². The molecule has 3 aliphatic carbocycles. The third-order valence-corrected chi connectivity index (χ3v) is 14.0. The van der Waals surface area contributed by atoms with Crippen molar-refractivity contribution in [3.63, 3.8) is 0 Å². The van der Waals surface area contributed by atoms with E-state index in [9.17, 15) is 17.3 Å². The second-order valence-corrected chi connectivity index (χ2v) is 18.4. The molecular weight excluding hydrogens is 973 g/mol. The molecule has 7 rings (SSSR count). The number of allylic oxidation sites excluding steroid dienone is 4. The summed E-state index contributed by atoms with van der Waals surface area (Å²) in [5.74, 6) is 1.49. The predicted octanol–water partition coefficient (Wildman–Crippen LogP) is 12.6. The monoisotopic (exact) mass is 1030 g/mol. The van der Waals surface area contributed by atoms with Crippen LogP contribution in [0.25, 0.3) is 0 Å². The van der Waals surface area contributed by atoms with Crippen molar-refractivity contribution in [3.8, 4) is 0 Å². The molecule has 0 N–H and O–H groups in total. The average Bonchev–Trinajstić information content (AvgIpc) is 3.85. The summed E-state index contributed by atoms with van der Waals surface area (Å²) in [6.45, 7) is 11.4. The van der Waals surface area contributed by atoms with Gasteiger partial charge in [0.25, 0.3) is 0 Å². The first-order valence-corrected chi connectivity index (χ1v) is 21.6. The Balaban J connectivity index is 0.000000461. The van der Waals surface area contributed by atoms with Crippen LogP contribution < -0.4 is 21.2 Å². The largest absolute Gasteiger partial charge is 2.00 e.